The molecule has 0 unspecified atom stereocenters. The van der Waals surface area contributed by atoms with Crippen LogP contribution >= 0.6 is 0 Å². The molecule has 0 spiro atoms. The molecule has 0 saturated heterocycles. The van der Waals surface area contributed by atoms with Crippen LogP contribution in [0.4, 0.5) is 0 Å². The number of furan rings is 1. The first-order valence-electron chi connectivity index (χ1n) is 17.1. The number of hydrogen-bond acceptors (Lipinski definition) is 4. The number of para-hydroxylation sites is 1. The van der Waals surface area contributed by atoms with E-state index in [0.29, 0.717) is 17.6 Å². The Balaban J connectivity index is 1.20. The van der Waals surface area contributed by atoms with Gasteiger partial charge in [0.25, 0.3) is 0 Å². The minimum Gasteiger partial charge on any atom is -0.456 e. The van der Waals surface area contributed by atoms with Gasteiger partial charge in [0.15, 0.2) is 11.6 Å². The number of hydrogen-bond donors (Lipinski definition) is 0. The third kappa shape index (κ3) is 4.82. The van der Waals surface area contributed by atoms with Crippen LogP contribution in [-0.2, 0) is 0 Å². The van der Waals surface area contributed by atoms with Gasteiger partial charge in [-0.1, -0.05) is 127 Å². The molecule has 0 saturated carbocycles. The minimum atomic E-state index is 0.561. The molecule has 0 N–H and O–H groups in total. The summed E-state index contributed by atoms with van der Waals surface area (Å²) in [7, 11) is 0. The monoisotopic (exact) mass is 654 g/mol. The second-order valence-electron chi connectivity index (χ2n) is 12.9. The summed E-state index contributed by atoms with van der Waals surface area (Å²) in [6.45, 7) is 2.14. The first-order valence-corrected chi connectivity index (χ1v) is 17.1. The van der Waals surface area contributed by atoms with Crippen molar-refractivity contribution in [1.82, 2.24) is 19.5 Å². The molecule has 10 rings (SSSR count). The first kappa shape index (κ1) is 29.1. The number of rotatable bonds is 5. The van der Waals surface area contributed by atoms with Gasteiger partial charge in [-0.05, 0) is 71.1 Å². The zero-order valence-corrected chi connectivity index (χ0v) is 27.8. The summed E-state index contributed by atoms with van der Waals surface area (Å²) in [6, 6.07) is 56.7. The third-order valence-electron chi connectivity index (χ3n) is 9.77. The Bertz CT molecular complexity index is 2910. The highest BCUT2D eigenvalue weighted by molar-refractivity contribution is 6.14. The molecule has 3 aromatic heterocycles. The summed E-state index contributed by atoms with van der Waals surface area (Å²) in [6.07, 6.45) is 0. The Morgan fingerprint density at radius 3 is 1.84 bits per heavy atom. The van der Waals surface area contributed by atoms with Crippen molar-refractivity contribution in [2.75, 3.05) is 0 Å². The number of aryl methyl sites for hydroxylation is 1. The lowest BCUT2D eigenvalue weighted by atomic mass is 9.97. The molecule has 240 valence electrons. The van der Waals surface area contributed by atoms with Crippen LogP contribution in [-0.4, -0.2) is 19.5 Å². The van der Waals surface area contributed by atoms with E-state index in [1.54, 1.807) is 0 Å². The maximum atomic E-state index is 6.56. The van der Waals surface area contributed by atoms with Crippen molar-refractivity contribution in [1.29, 1.82) is 0 Å². The van der Waals surface area contributed by atoms with Crippen LogP contribution in [0, 0.1) is 6.92 Å². The van der Waals surface area contributed by atoms with E-state index in [1.807, 2.05) is 48.5 Å². The van der Waals surface area contributed by atoms with Crippen molar-refractivity contribution in [3.05, 3.63) is 169 Å². The van der Waals surface area contributed by atoms with Crippen molar-refractivity contribution in [2.24, 2.45) is 0 Å². The van der Waals surface area contributed by atoms with Gasteiger partial charge in [0, 0.05) is 32.7 Å². The fourth-order valence-electron chi connectivity index (χ4n) is 7.44. The summed E-state index contributed by atoms with van der Waals surface area (Å²) in [5.41, 5.74) is 11.3. The Morgan fingerprint density at radius 1 is 0.431 bits per heavy atom. The Hall–Kier alpha value is -6.85. The molecule has 0 atom stereocenters. The van der Waals surface area contributed by atoms with Crippen LogP contribution in [0.15, 0.2) is 168 Å². The Morgan fingerprint density at radius 2 is 1.08 bits per heavy atom. The zero-order valence-electron chi connectivity index (χ0n) is 27.8. The summed E-state index contributed by atoms with van der Waals surface area (Å²) in [4.78, 5) is 15.4. The first-order chi connectivity index (χ1) is 25.2. The van der Waals surface area contributed by atoms with Crippen molar-refractivity contribution in [3.63, 3.8) is 0 Å². The average Bonchev–Trinajstić information content (AvgIpc) is 3.75. The van der Waals surface area contributed by atoms with Gasteiger partial charge in [-0.25, -0.2) is 4.98 Å². The molecule has 0 aliphatic rings. The Labute approximate surface area is 294 Å². The Kier molecular flexibility index (Phi) is 6.64. The molecule has 7 aromatic carbocycles. The molecular formula is C46H30N4O. The van der Waals surface area contributed by atoms with E-state index in [4.69, 9.17) is 19.4 Å². The largest absolute Gasteiger partial charge is 0.456 e. The van der Waals surface area contributed by atoms with Gasteiger partial charge < -0.3 is 4.42 Å². The van der Waals surface area contributed by atoms with Crippen LogP contribution in [0.3, 0.4) is 0 Å². The lowest BCUT2D eigenvalue weighted by Gasteiger charge is -2.11. The number of fused-ring (bicyclic) bond motifs is 6. The van der Waals surface area contributed by atoms with E-state index in [-0.39, 0.29) is 0 Å². The van der Waals surface area contributed by atoms with E-state index in [2.05, 4.69) is 127 Å². The van der Waals surface area contributed by atoms with Crippen LogP contribution < -0.4 is 0 Å². The molecule has 0 aliphatic heterocycles. The quantitative estimate of drug-likeness (QED) is 0.185. The van der Waals surface area contributed by atoms with Gasteiger partial charge in [0.1, 0.15) is 11.2 Å². The number of benzene rings is 7. The van der Waals surface area contributed by atoms with E-state index >= 15 is 0 Å². The highest BCUT2D eigenvalue weighted by Gasteiger charge is 2.20. The maximum absolute atomic E-state index is 6.56. The second kappa shape index (κ2) is 11.6. The molecule has 0 radical (unpaired) electrons. The van der Waals surface area contributed by atoms with E-state index < -0.39 is 0 Å². The van der Waals surface area contributed by atoms with Crippen LogP contribution in [0.5, 0.6) is 0 Å². The third-order valence-corrected chi connectivity index (χ3v) is 9.77. The fraction of sp³-hybridized carbons (Fsp3) is 0.0217. The smallest absolute Gasteiger partial charge is 0.238 e. The van der Waals surface area contributed by atoms with Crippen molar-refractivity contribution >= 4 is 43.7 Å². The van der Waals surface area contributed by atoms with E-state index in [0.717, 1.165) is 77.1 Å². The number of nitrogens with zero attached hydrogens (tertiary/aromatic N) is 4. The van der Waals surface area contributed by atoms with Gasteiger partial charge >= 0.3 is 0 Å². The van der Waals surface area contributed by atoms with Crippen LogP contribution in [0.25, 0.3) is 94.7 Å². The van der Waals surface area contributed by atoms with Gasteiger partial charge in [-0.15, -0.1) is 0 Å². The molecule has 0 amide bonds. The lowest BCUT2D eigenvalue weighted by Crippen LogP contribution is -2.06. The molecule has 5 heteroatoms. The van der Waals surface area contributed by atoms with Crippen molar-refractivity contribution < 1.29 is 4.42 Å². The maximum Gasteiger partial charge on any atom is 0.238 e. The topological polar surface area (TPSA) is 56.7 Å². The molecule has 10 aromatic rings. The predicted octanol–water partition coefficient (Wildman–Crippen LogP) is 11.8. The molecule has 51 heavy (non-hydrogen) atoms. The molecule has 3 heterocycles. The van der Waals surface area contributed by atoms with E-state index in [9.17, 15) is 0 Å². The minimum absolute atomic E-state index is 0.561. The lowest BCUT2D eigenvalue weighted by molar-refractivity contribution is 0.669. The number of aromatic nitrogens is 4. The van der Waals surface area contributed by atoms with Crippen LogP contribution in [0.1, 0.15) is 5.56 Å². The summed E-state index contributed by atoms with van der Waals surface area (Å²) >= 11 is 0. The SMILES string of the molecule is Cc1cc(-c2nc(-c3ccccc3)nc(-n3c4ccccc4c4cc(-c5ccccc5)ccc43)n2)cc2oc3cccc(-c4ccccc4)c3c12. The second-order valence-corrected chi connectivity index (χ2v) is 12.9. The molecule has 0 bridgehead atoms. The highest BCUT2D eigenvalue weighted by Crippen LogP contribution is 2.40. The molecule has 0 aliphatic carbocycles. The summed E-state index contributed by atoms with van der Waals surface area (Å²) < 4.78 is 8.72. The average molecular weight is 655 g/mol. The van der Waals surface area contributed by atoms with Gasteiger partial charge in [0.2, 0.25) is 5.95 Å². The predicted molar refractivity (Wildman–Crippen MR) is 208 cm³/mol. The summed E-state index contributed by atoms with van der Waals surface area (Å²) in [5, 5.41) is 4.50. The normalized spacial score (nSPS) is 11.6. The molecule has 0 fully saturated rings. The standard InChI is InChI=1S/C46H30N4O/c1-29-26-34(28-41-42(29)43-35(21-13-23-40(43)51-41)31-16-7-3-8-17-31)45-47-44(32-18-9-4-10-19-32)48-46(49-45)50-38-22-12-11-20-36(38)37-27-33(24-25-39(37)50)30-14-5-2-6-15-30/h2-28H,1H3. The zero-order chi connectivity index (χ0) is 33.9. The molecular weight excluding hydrogens is 625 g/mol. The van der Waals surface area contributed by atoms with Crippen molar-refractivity contribution in [2.45, 2.75) is 6.92 Å². The van der Waals surface area contributed by atoms with Gasteiger partial charge in [0.05, 0.1) is 11.0 Å². The van der Waals surface area contributed by atoms with Gasteiger partial charge in [-0.2, -0.15) is 9.97 Å². The van der Waals surface area contributed by atoms with E-state index in [1.165, 1.54) is 5.56 Å². The summed E-state index contributed by atoms with van der Waals surface area (Å²) in [5.74, 6) is 1.75. The highest BCUT2D eigenvalue weighted by atomic mass is 16.3. The van der Waals surface area contributed by atoms with Gasteiger partial charge in [-0.3, -0.25) is 4.57 Å². The molecule has 5 nitrogen and oxygen atoms in total. The van der Waals surface area contributed by atoms with Crippen LogP contribution in [0.2, 0.25) is 0 Å². The fourth-order valence-corrected chi connectivity index (χ4v) is 7.44. The van der Waals surface area contributed by atoms with Crippen molar-refractivity contribution in [3.8, 4) is 51.0 Å².